The van der Waals surface area contributed by atoms with Crippen LogP contribution in [0.2, 0.25) is 5.02 Å². The summed E-state index contributed by atoms with van der Waals surface area (Å²) in [5.74, 6) is -0.408. The van der Waals surface area contributed by atoms with Crippen LogP contribution in [-0.2, 0) is 0 Å². The smallest absolute Gasteiger partial charge is 0.125 e. The Hall–Kier alpha value is -0.680. The number of nitrogens with zero attached hydrogens (tertiary/aromatic N) is 1. The third kappa shape index (κ3) is 4.16. The van der Waals surface area contributed by atoms with Crippen LogP contribution in [-0.4, -0.2) is 41.7 Å². The van der Waals surface area contributed by atoms with Gasteiger partial charge in [0.25, 0.3) is 0 Å². The van der Waals surface area contributed by atoms with Gasteiger partial charge in [-0.1, -0.05) is 11.6 Å². The van der Waals surface area contributed by atoms with Crippen LogP contribution < -0.4 is 5.32 Å². The molecule has 2 fully saturated rings. The predicted octanol–water partition coefficient (Wildman–Crippen LogP) is 2.73. The van der Waals surface area contributed by atoms with Gasteiger partial charge < -0.3 is 15.3 Å². The van der Waals surface area contributed by atoms with Crippen molar-refractivity contribution in [1.82, 2.24) is 10.2 Å². The lowest BCUT2D eigenvalue weighted by atomic mass is 10.0. The fourth-order valence-electron chi connectivity index (χ4n) is 3.07. The van der Waals surface area contributed by atoms with E-state index < -0.39 is 11.9 Å². The van der Waals surface area contributed by atoms with Crippen LogP contribution in [0.25, 0.3) is 0 Å². The lowest BCUT2D eigenvalue weighted by Gasteiger charge is -2.33. The molecule has 0 amide bonds. The number of piperidine rings is 1. The summed E-state index contributed by atoms with van der Waals surface area (Å²) in [7, 11) is 0. The number of nitrogens with one attached hydrogen (secondary N) is 1. The van der Waals surface area contributed by atoms with Crippen LogP contribution in [0.15, 0.2) is 18.2 Å². The van der Waals surface area contributed by atoms with Crippen molar-refractivity contribution in [3.8, 4) is 0 Å². The van der Waals surface area contributed by atoms with Gasteiger partial charge in [0.1, 0.15) is 5.82 Å². The highest BCUT2D eigenvalue weighted by Gasteiger charge is 2.31. The number of halogens is 2. The molecule has 1 atom stereocenters. The van der Waals surface area contributed by atoms with E-state index in [1.54, 1.807) is 6.07 Å². The number of aliphatic hydroxyl groups excluding tert-OH is 1. The van der Waals surface area contributed by atoms with Crippen molar-refractivity contribution in [3.63, 3.8) is 0 Å². The Bertz CT molecular complexity index is 467. The van der Waals surface area contributed by atoms with Gasteiger partial charge in [-0.05, 0) is 62.5 Å². The third-order valence-corrected chi connectivity index (χ3v) is 4.68. The second-order valence-corrected chi connectivity index (χ2v) is 6.60. The summed E-state index contributed by atoms with van der Waals surface area (Å²) in [5, 5.41) is 13.9. The van der Waals surface area contributed by atoms with E-state index in [1.807, 2.05) is 0 Å². The SMILES string of the molecule is OC(CNC1CCN(C2CC2)CC1)c1cc(F)cc(Cl)c1. The van der Waals surface area contributed by atoms with Crippen LogP contribution >= 0.6 is 11.6 Å². The molecule has 1 heterocycles. The zero-order chi connectivity index (χ0) is 14.8. The lowest BCUT2D eigenvalue weighted by molar-refractivity contribution is 0.149. The Kier molecular flexibility index (Phi) is 4.79. The van der Waals surface area contributed by atoms with Crippen LogP contribution in [0.3, 0.4) is 0 Å². The number of benzene rings is 1. The molecule has 2 aliphatic rings. The fraction of sp³-hybridized carbons (Fsp3) is 0.625. The maximum absolute atomic E-state index is 13.3. The highest BCUT2D eigenvalue weighted by atomic mass is 35.5. The Balaban J connectivity index is 1.46. The summed E-state index contributed by atoms with van der Waals surface area (Å²) < 4.78 is 13.3. The molecule has 1 aliphatic heterocycles. The van der Waals surface area contributed by atoms with Gasteiger partial charge >= 0.3 is 0 Å². The largest absolute Gasteiger partial charge is 0.387 e. The average Bonchev–Trinajstić information content (AvgIpc) is 3.29. The van der Waals surface area contributed by atoms with E-state index in [9.17, 15) is 9.50 Å². The highest BCUT2D eigenvalue weighted by Crippen LogP contribution is 2.29. The molecule has 1 saturated heterocycles. The molecule has 0 aromatic heterocycles. The van der Waals surface area contributed by atoms with Gasteiger partial charge in [0.2, 0.25) is 0 Å². The molecule has 21 heavy (non-hydrogen) atoms. The first-order valence-electron chi connectivity index (χ1n) is 7.73. The lowest BCUT2D eigenvalue weighted by Crippen LogP contribution is -2.44. The quantitative estimate of drug-likeness (QED) is 0.877. The van der Waals surface area contributed by atoms with Gasteiger partial charge in [-0.15, -0.1) is 0 Å². The van der Waals surface area contributed by atoms with E-state index >= 15 is 0 Å². The molecule has 5 heteroatoms. The monoisotopic (exact) mass is 312 g/mol. The number of rotatable bonds is 5. The molecular weight excluding hydrogens is 291 g/mol. The number of hydrogen-bond acceptors (Lipinski definition) is 3. The molecule has 1 unspecified atom stereocenters. The Labute approximate surface area is 130 Å². The van der Waals surface area contributed by atoms with E-state index in [-0.39, 0.29) is 0 Å². The molecule has 1 saturated carbocycles. The minimum atomic E-state index is -0.723. The van der Waals surface area contributed by atoms with E-state index in [4.69, 9.17) is 11.6 Å². The van der Waals surface area contributed by atoms with Crippen molar-refractivity contribution in [2.24, 2.45) is 0 Å². The first-order chi connectivity index (χ1) is 10.1. The Morgan fingerprint density at radius 2 is 1.95 bits per heavy atom. The normalized spacial score (nSPS) is 22.4. The van der Waals surface area contributed by atoms with Crippen molar-refractivity contribution in [3.05, 3.63) is 34.6 Å². The van der Waals surface area contributed by atoms with Gasteiger partial charge in [-0.3, -0.25) is 0 Å². The Morgan fingerprint density at radius 3 is 2.57 bits per heavy atom. The molecule has 0 radical (unpaired) electrons. The van der Waals surface area contributed by atoms with Crippen molar-refractivity contribution < 1.29 is 9.50 Å². The Morgan fingerprint density at radius 1 is 1.24 bits per heavy atom. The standard InChI is InChI=1S/C16H22ClFN2O/c17-12-7-11(8-13(18)9-12)16(21)10-19-14-3-5-20(6-4-14)15-1-2-15/h7-9,14-16,19,21H,1-6,10H2. The van der Waals surface area contributed by atoms with Crippen molar-refractivity contribution in [1.29, 1.82) is 0 Å². The second kappa shape index (κ2) is 6.61. The molecular formula is C16H22ClFN2O. The topological polar surface area (TPSA) is 35.5 Å². The van der Waals surface area contributed by atoms with Crippen molar-refractivity contribution >= 4 is 11.6 Å². The van der Waals surface area contributed by atoms with Crippen LogP contribution in [0.4, 0.5) is 4.39 Å². The van der Waals surface area contributed by atoms with E-state index in [1.165, 1.54) is 25.0 Å². The fourth-order valence-corrected chi connectivity index (χ4v) is 3.30. The van der Waals surface area contributed by atoms with Gasteiger partial charge in [0.15, 0.2) is 0 Å². The molecule has 1 aromatic carbocycles. The summed E-state index contributed by atoms with van der Waals surface area (Å²) in [6, 6.07) is 5.49. The molecule has 0 bridgehead atoms. The molecule has 3 nitrogen and oxygen atoms in total. The minimum Gasteiger partial charge on any atom is -0.387 e. The van der Waals surface area contributed by atoms with E-state index in [0.29, 0.717) is 23.2 Å². The first kappa shape index (κ1) is 15.2. The molecule has 2 N–H and O–H groups in total. The summed E-state index contributed by atoms with van der Waals surface area (Å²) in [4.78, 5) is 2.57. The molecule has 1 aromatic rings. The van der Waals surface area contributed by atoms with Crippen LogP contribution in [0, 0.1) is 5.82 Å². The van der Waals surface area contributed by atoms with Gasteiger partial charge in [0.05, 0.1) is 6.10 Å². The molecule has 3 rings (SSSR count). The third-order valence-electron chi connectivity index (χ3n) is 4.46. The van der Waals surface area contributed by atoms with Crippen molar-refractivity contribution in [2.45, 2.75) is 43.9 Å². The summed E-state index contributed by atoms with van der Waals surface area (Å²) in [6.45, 7) is 2.72. The van der Waals surface area contributed by atoms with Gasteiger partial charge in [-0.2, -0.15) is 0 Å². The van der Waals surface area contributed by atoms with E-state index in [0.717, 1.165) is 32.0 Å². The van der Waals surface area contributed by atoms with Gasteiger partial charge in [0, 0.05) is 23.7 Å². The summed E-state index contributed by atoms with van der Waals surface area (Å²) >= 11 is 5.82. The highest BCUT2D eigenvalue weighted by molar-refractivity contribution is 6.30. The zero-order valence-electron chi connectivity index (χ0n) is 12.1. The minimum absolute atomic E-state index is 0.321. The van der Waals surface area contributed by atoms with Crippen molar-refractivity contribution in [2.75, 3.05) is 19.6 Å². The van der Waals surface area contributed by atoms with E-state index in [2.05, 4.69) is 10.2 Å². The first-order valence-corrected chi connectivity index (χ1v) is 8.11. The zero-order valence-corrected chi connectivity index (χ0v) is 12.8. The van der Waals surface area contributed by atoms with Crippen LogP contribution in [0.1, 0.15) is 37.4 Å². The maximum Gasteiger partial charge on any atom is 0.125 e. The second-order valence-electron chi connectivity index (χ2n) is 6.17. The summed E-state index contributed by atoms with van der Waals surface area (Å²) in [6.07, 6.45) is 4.23. The van der Waals surface area contributed by atoms with Gasteiger partial charge in [-0.25, -0.2) is 4.39 Å². The molecule has 116 valence electrons. The average molecular weight is 313 g/mol. The molecule has 1 aliphatic carbocycles. The number of aliphatic hydroxyl groups is 1. The predicted molar refractivity (Wildman–Crippen MR) is 82.0 cm³/mol. The number of hydrogen-bond donors (Lipinski definition) is 2. The number of likely N-dealkylation sites (tertiary alicyclic amines) is 1. The maximum atomic E-state index is 13.3. The molecule has 0 spiro atoms. The van der Waals surface area contributed by atoms with Crippen LogP contribution in [0.5, 0.6) is 0 Å². The summed E-state index contributed by atoms with van der Waals surface area (Å²) in [5.41, 5.74) is 0.530.